The summed E-state index contributed by atoms with van der Waals surface area (Å²) in [5, 5.41) is 14.1. The zero-order valence-corrected chi connectivity index (χ0v) is 26.0. The van der Waals surface area contributed by atoms with Gasteiger partial charge in [0.2, 0.25) is 0 Å². The first kappa shape index (κ1) is 36.5. The Morgan fingerprint density at radius 2 is 1.12 bits per heavy atom. The number of hydrogen-bond acceptors (Lipinski definition) is 9. The van der Waals surface area contributed by atoms with Crippen LogP contribution in [-0.4, -0.2) is 73.8 Å². The maximum absolute atomic E-state index is 11.4. The summed E-state index contributed by atoms with van der Waals surface area (Å²) in [6.07, 6.45) is 0.314. The van der Waals surface area contributed by atoms with Crippen LogP contribution < -0.4 is 20.1 Å². The number of rotatable bonds is 12. The molecule has 0 heterocycles. The Hall–Kier alpha value is -4.48. The third-order valence-electron chi connectivity index (χ3n) is 4.85. The van der Waals surface area contributed by atoms with Crippen LogP contribution in [0, 0.1) is 0 Å². The van der Waals surface area contributed by atoms with Crippen molar-refractivity contribution in [3.05, 3.63) is 59.7 Å². The minimum Gasteiger partial charge on any atom is -0.494 e. The number of methoxy groups -OCH3 is 1. The maximum Gasteiger partial charge on any atom is 0.407 e. The standard InChI is InChI=1S/C16H23NO5.C15H21NO5/c1-16(2,3)22-15(19)17-9-6-10-21-13-8-5-7-12(11-13)14(18)20-4;1-15(2,3)21-14(19)16-8-5-9-20-12-7-4-6-11(10-12)13(17)18/h5,7-8,11H,6,9-10H2,1-4H3,(H,17,19);4,6-7,10H,5,8-9H2,1-3H3,(H,16,19)(H,17,18). The van der Waals surface area contributed by atoms with E-state index in [2.05, 4.69) is 15.4 Å². The molecule has 0 saturated carbocycles. The molecule has 12 nitrogen and oxygen atoms in total. The minimum absolute atomic E-state index is 0.180. The molecule has 0 aromatic heterocycles. The number of carbonyl (C=O) groups excluding carboxylic acids is 3. The Morgan fingerprint density at radius 1 is 0.698 bits per heavy atom. The molecule has 0 fully saturated rings. The van der Waals surface area contributed by atoms with E-state index in [9.17, 15) is 19.2 Å². The summed E-state index contributed by atoms with van der Waals surface area (Å²) in [5.74, 6) is -0.323. The predicted molar refractivity (Wildman–Crippen MR) is 160 cm³/mol. The summed E-state index contributed by atoms with van der Waals surface area (Å²) in [4.78, 5) is 45.0. The van der Waals surface area contributed by atoms with E-state index in [-0.39, 0.29) is 5.56 Å². The van der Waals surface area contributed by atoms with E-state index in [1.54, 1.807) is 57.2 Å². The summed E-state index contributed by atoms with van der Waals surface area (Å²) in [5.41, 5.74) is -0.404. The van der Waals surface area contributed by atoms with Gasteiger partial charge in [-0.1, -0.05) is 12.1 Å². The highest BCUT2D eigenvalue weighted by molar-refractivity contribution is 5.89. The fraction of sp³-hybridized carbons (Fsp3) is 0.484. The van der Waals surface area contributed by atoms with Crippen molar-refractivity contribution in [1.82, 2.24) is 10.6 Å². The van der Waals surface area contributed by atoms with Gasteiger partial charge >= 0.3 is 24.1 Å². The van der Waals surface area contributed by atoms with E-state index in [1.807, 2.05) is 20.8 Å². The highest BCUT2D eigenvalue weighted by Crippen LogP contribution is 2.15. The number of carboxylic acid groups (broad SMARTS) is 1. The third kappa shape index (κ3) is 17.8. The average molecular weight is 605 g/mol. The van der Waals surface area contributed by atoms with Gasteiger partial charge in [-0.05, 0) is 90.8 Å². The lowest BCUT2D eigenvalue weighted by Crippen LogP contribution is -2.33. The summed E-state index contributed by atoms with van der Waals surface area (Å²) < 4.78 is 25.8. The molecule has 0 saturated heterocycles. The Labute approximate surface area is 253 Å². The molecule has 2 aromatic rings. The molecule has 12 heteroatoms. The quantitative estimate of drug-likeness (QED) is 0.162. The number of carbonyl (C=O) groups is 4. The summed E-state index contributed by atoms with van der Waals surface area (Å²) in [7, 11) is 1.33. The number of nitrogens with one attached hydrogen (secondary N) is 2. The van der Waals surface area contributed by atoms with Gasteiger partial charge < -0.3 is 39.4 Å². The van der Waals surface area contributed by atoms with Gasteiger partial charge in [0.05, 0.1) is 31.5 Å². The van der Waals surface area contributed by atoms with Gasteiger partial charge in [0, 0.05) is 13.1 Å². The van der Waals surface area contributed by atoms with E-state index >= 15 is 0 Å². The number of esters is 1. The van der Waals surface area contributed by atoms with Crippen molar-refractivity contribution in [2.75, 3.05) is 33.4 Å². The summed E-state index contributed by atoms with van der Waals surface area (Å²) in [6, 6.07) is 13.0. The summed E-state index contributed by atoms with van der Waals surface area (Å²) >= 11 is 0. The van der Waals surface area contributed by atoms with Crippen molar-refractivity contribution >= 4 is 24.1 Å². The second-order valence-corrected chi connectivity index (χ2v) is 11.1. The first-order valence-electron chi connectivity index (χ1n) is 13.8. The van der Waals surface area contributed by atoms with E-state index in [0.717, 1.165) is 0 Å². The first-order valence-corrected chi connectivity index (χ1v) is 13.8. The van der Waals surface area contributed by atoms with Crippen molar-refractivity contribution in [1.29, 1.82) is 0 Å². The van der Waals surface area contributed by atoms with E-state index in [0.29, 0.717) is 56.2 Å². The van der Waals surface area contributed by atoms with Gasteiger partial charge in [-0.3, -0.25) is 0 Å². The van der Waals surface area contributed by atoms with E-state index < -0.39 is 35.3 Å². The highest BCUT2D eigenvalue weighted by atomic mass is 16.6. The van der Waals surface area contributed by atoms with Crippen molar-refractivity contribution < 1.29 is 48.0 Å². The van der Waals surface area contributed by atoms with Gasteiger partial charge in [-0.25, -0.2) is 19.2 Å². The van der Waals surface area contributed by atoms with Crippen LogP contribution in [0.15, 0.2) is 48.5 Å². The number of hydrogen-bond donors (Lipinski definition) is 3. The lowest BCUT2D eigenvalue weighted by molar-refractivity contribution is 0.0513. The van der Waals surface area contributed by atoms with Crippen LogP contribution in [0.1, 0.15) is 75.1 Å². The Bertz CT molecular complexity index is 1190. The molecule has 0 aliphatic rings. The maximum atomic E-state index is 11.4. The zero-order valence-electron chi connectivity index (χ0n) is 26.0. The molecule has 0 atom stereocenters. The number of ether oxygens (including phenoxy) is 5. The molecule has 0 spiro atoms. The van der Waals surface area contributed by atoms with Crippen molar-refractivity contribution in [3.8, 4) is 11.5 Å². The van der Waals surface area contributed by atoms with Crippen LogP contribution in [0.3, 0.4) is 0 Å². The number of carboxylic acids is 1. The topological polar surface area (TPSA) is 159 Å². The van der Waals surface area contributed by atoms with Crippen LogP contribution >= 0.6 is 0 Å². The molecular formula is C31H44N2O10. The normalized spacial score (nSPS) is 10.8. The SMILES string of the molecule is CC(C)(C)OC(=O)NCCCOc1cccc(C(=O)O)c1.COC(=O)c1cccc(OCCCNC(=O)OC(C)(C)C)c1. The van der Waals surface area contributed by atoms with E-state index in [4.69, 9.17) is 24.1 Å². The van der Waals surface area contributed by atoms with Crippen LogP contribution in [-0.2, 0) is 14.2 Å². The third-order valence-corrected chi connectivity index (χ3v) is 4.85. The lowest BCUT2D eigenvalue weighted by atomic mass is 10.2. The molecule has 238 valence electrons. The van der Waals surface area contributed by atoms with Gasteiger partial charge in [-0.15, -0.1) is 0 Å². The van der Waals surface area contributed by atoms with E-state index in [1.165, 1.54) is 19.2 Å². The van der Waals surface area contributed by atoms with Crippen LogP contribution in [0.2, 0.25) is 0 Å². The predicted octanol–water partition coefficient (Wildman–Crippen LogP) is 5.45. The number of alkyl carbamates (subject to hydrolysis) is 2. The Balaban J connectivity index is 0.000000430. The summed E-state index contributed by atoms with van der Waals surface area (Å²) in [6.45, 7) is 12.5. The molecule has 2 amide bonds. The Kier molecular flexibility index (Phi) is 15.4. The molecule has 2 aromatic carbocycles. The zero-order chi connectivity index (χ0) is 32.5. The molecule has 3 N–H and O–H groups in total. The largest absolute Gasteiger partial charge is 0.494 e. The van der Waals surface area contributed by atoms with Crippen LogP contribution in [0.25, 0.3) is 0 Å². The molecule has 0 aliphatic heterocycles. The fourth-order valence-corrected chi connectivity index (χ4v) is 3.08. The number of amides is 2. The molecular weight excluding hydrogens is 560 g/mol. The monoisotopic (exact) mass is 604 g/mol. The molecule has 0 aliphatic carbocycles. The van der Waals surface area contributed by atoms with Crippen molar-refractivity contribution in [3.63, 3.8) is 0 Å². The van der Waals surface area contributed by atoms with Gasteiger partial charge in [0.25, 0.3) is 0 Å². The second-order valence-electron chi connectivity index (χ2n) is 11.1. The molecule has 43 heavy (non-hydrogen) atoms. The highest BCUT2D eigenvalue weighted by Gasteiger charge is 2.16. The number of benzene rings is 2. The Morgan fingerprint density at radius 3 is 1.51 bits per heavy atom. The van der Waals surface area contributed by atoms with Gasteiger partial charge in [0.15, 0.2) is 0 Å². The smallest absolute Gasteiger partial charge is 0.407 e. The van der Waals surface area contributed by atoms with Gasteiger partial charge in [-0.2, -0.15) is 0 Å². The van der Waals surface area contributed by atoms with Crippen LogP contribution in [0.5, 0.6) is 11.5 Å². The molecule has 0 unspecified atom stereocenters. The van der Waals surface area contributed by atoms with Crippen molar-refractivity contribution in [2.45, 2.75) is 65.6 Å². The average Bonchev–Trinajstić information content (AvgIpc) is 2.91. The molecule has 0 bridgehead atoms. The first-order chi connectivity index (χ1) is 20.1. The van der Waals surface area contributed by atoms with Crippen molar-refractivity contribution in [2.24, 2.45) is 0 Å². The van der Waals surface area contributed by atoms with Crippen LogP contribution in [0.4, 0.5) is 9.59 Å². The second kappa shape index (κ2) is 18.1. The fourth-order valence-electron chi connectivity index (χ4n) is 3.08. The molecule has 2 rings (SSSR count). The lowest BCUT2D eigenvalue weighted by Gasteiger charge is -2.19. The minimum atomic E-state index is -0.993. The van der Waals surface area contributed by atoms with Gasteiger partial charge in [0.1, 0.15) is 22.7 Å². The molecule has 0 radical (unpaired) electrons. The number of aromatic carboxylic acids is 1.